The number of likely N-dealkylation sites (tertiary alicyclic amines) is 1. The van der Waals surface area contributed by atoms with Crippen LogP contribution in [0.1, 0.15) is 32.1 Å². The Labute approximate surface area is 149 Å². The van der Waals surface area contributed by atoms with E-state index < -0.39 is 0 Å². The van der Waals surface area contributed by atoms with E-state index in [0.29, 0.717) is 12.5 Å². The van der Waals surface area contributed by atoms with Crippen LogP contribution in [0.15, 0.2) is 29.6 Å². The van der Waals surface area contributed by atoms with E-state index in [-0.39, 0.29) is 6.10 Å². The third-order valence-corrected chi connectivity index (χ3v) is 5.36. The van der Waals surface area contributed by atoms with Crippen molar-refractivity contribution in [3.63, 3.8) is 0 Å². The second-order valence-electron chi connectivity index (χ2n) is 7.30. The molecule has 4 rings (SSSR count). The maximum Gasteiger partial charge on any atom is 0.231 e. The third kappa shape index (κ3) is 4.24. The molecule has 25 heavy (non-hydrogen) atoms. The number of hydrogen-bond donors (Lipinski definition) is 0. The van der Waals surface area contributed by atoms with Gasteiger partial charge in [-0.3, -0.25) is 4.90 Å². The first-order valence-corrected chi connectivity index (χ1v) is 9.63. The van der Waals surface area contributed by atoms with E-state index in [1.165, 1.54) is 32.4 Å². The molecule has 3 aliphatic rings. The Morgan fingerprint density at radius 1 is 1.08 bits per heavy atom. The lowest BCUT2D eigenvalue weighted by Crippen LogP contribution is -2.45. The highest BCUT2D eigenvalue weighted by Gasteiger charge is 2.31. The minimum absolute atomic E-state index is 0.107. The molecule has 2 fully saturated rings. The van der Waals surface area contributed by atoms with E-state index in [4.69, 9.17) is 9.57 Å². The summed E-state index contributed by atoms with van der Waals surface area (Å²) >= 11 is 0. The van der Waals surface area contributed by atoms with Crippen LogP contribution < -0.4 is 4.90 Å². The Balaban J connectivity index is 1.35. The van der Waals surface area contributed by atoms with Crippen LogP contribution >= 0.6 is 0 Å². The fraction of sp³-hybridized carbons (Fsp3) is 0.684. The molecule has 2 atom stereocenters. The first-order valence-electron chi connectivity index (χ1n) is 9.63. The minimum atomic E-state index is 0.107. The number of nitrogens with zero attached hydrogens (tertiary/aromatic N) is 4. The van der Waals surface area contributed by atoms with Crippen LogP contribution in [0.4, 0.5) is 5.82 Å². The van der Waals surface area contributed by atoms with Crippen LogP contribution in [-0.2, 0) is 9.57 Å². The van der Waals surface area contributed by atoms with Gasteiger partial charge in [-0.25, -0.2) is 4.98 Å². The van der Waals surface area contributed by atoms with Crippen molar-refractivity contribution in [3.8, 4) is 0 Å². The lowest BCUT2D eigenvalue weighted by Gasteiger charge is -2.36. The van der Waals surface area contributed by atoms with Crippen LogP contribution in [-0.4, -0.2) is 61.2 Å². The zero-order valence-electron chi connectivity index (χ0n) is 14.8. The van der Waals surface area contributed by atoms with Crippen LogP contribution in [0.2, 0.25) is 0 Å². The molecule has 2 unspecified atom stereocenters. The zero-order chi connectivity index (χ0) is 16.9. The zero-order valence-corrected chi connectivity index (χ0v) is 14.8. The van der Waals surface area contributed by atoms with Crippen molar-refractivity contribution in [2.24, 2.45) is 11.1 Å². The molecular formula is C19H28N4O2. The van der Waals surface area contributed by atoms with Crippen molar-refractivity contribution in [1.29, 1.82) is 0 Å². The fourth-order valence-electron chi connectivity index (χ4n) is 4.03. The molecule has 0 bridgehead atoms. The highest BCUT2D eigenvalue weighted by Crippen LogP contribution is 2.25. The van der Waals surface area contributed by atoms with Crippen LogP contribution in [0.3, 0.4) is 0 Å². The normalized spacial score (nSPS) is 28.0. The molecule has 3 aliphatic heterocycles. The van der Waals surface area contributed by atoms with Crippen molar-refractivity contribution < 1.29 is 9.57 Å². The van der Waals surface area contributed by atoms with E-state index >= 15 is 0 Å². The second kappa shape index (κ2) is 8.04. The number of pyridine rings is 1. The molecule has 0 saturated carbocycles. The van der Waals surface area contributed by atoms with Gasteiger partial charge < -0.3 is 14.5 Å². The van der Waals surface area contributed by atoms with Gasteiger partial charge in [0.1, 0.15) is 11.9 Å². The highest BCUT2D eigenvalue weighted by molar-refractivity contribution is 5.79. The molecule has 1 aromatic rings. The Kier molecular flexibility index (Phi) is 5.35. The number of rotatable bonds is 4. The van der Waals surface area contributed by atoms with E-state index in [2.05, 4.69) is 26.0 Å². The van der Waals surface area contributed by atoms with Crippen LogP contribution in [0.25, 0.3) is 0 Å². The highest BCUT2D eigenvalue weighted by atomic mass is 16.7. The molecule has 6 heteroatoms. The molecule has 0 aliphatic carbocycles. The van der Waals surface area contributed by atoms with Gasteiger partial charge in [-0.1, -0.05) is 17.6 Å². The lowest BCUT2D eigenvalue weighted by molar-refractivity contribution is -0.0157. The first kappa shape index (κ1) is 16.6. The van der Waals surface area contributed by atoms with E-state index in [9.17, 15) is 0 Å². The van der Waals surface area contributed by atoms with E-state index in [1.54, 1.807) is 0 Å². The SMILES string of the molecule is c1ccc(N2CCCC(C3=NOCC(CN4CCCCC4)O3)C2)nc1. The van der Waals surface area contributed by atoms with E-state index in [0.717, 1.165) is 44.2 Å². The molecule has 0 radical (unpaired) electrons. The molecule has 0 spiro atoms. The Morgan fingerprint density at radius 3 is 2.84 bits per heavy atom. The summed E-state index contributed by atoms with van der Waals surface area (Å²) in [5.74, 6) is 2.11. The predicted molar refractivity (Wildman–Crippen MR) is 97.7 cm³/mol. The van der Waals surface area contributed by atoms with Crippen LogP contribution in [0.5, 0.6) is 0 Å². The summed E-state index contributed by atoms with van der Waals surface area (Å²) in [5, 5.41) is 4.25. The molecule has 6 nitrogen and oxygen atoms in total. The van der Waals surface area contributed by atoms with Crippen LogP contribution in [0, 0.1) is 5.92 Å². The van der Waals surface area contributed by atoms with Crippen molar-refractivity contribution in [2.45, 2.75) is 38.2 Å². The molecule has 136 valence electrons. The Hall–Kier alpha value is -1.82. The molecule has 2 saturated heterocycles. The van der Waals surface area contributed by atoms with Crippen molar-refractivity contribution in [1.82, 2.24) is 9.88 Å². The topological polar surface area (TPSA) is 50.2 Å². The lowest BCUT2D eigenvalue weighted by atomic mass is 9.97. The largest absolute Gasteiger partial charge is 0.470 e. The summed E-state index contributed by atoms with van der Waals surface area (Å²) in [6.45, 7) is 5.83. The van der Waals surface area contributed by atoms with Gasteiger partial charge in [-0.2, -0.15) is 0 Å². The van der Waals surface area contributed by atoms with Gasteiger partial charge in [0.05, 0.1) is 5.92 Å². The minimum Gasteiger partial charge on any atom is -0.470 e. The number of oxime groups is 1. The smallest absolute Gasteiger partial charge is 0.231 e. The Morgan fingerprint density at radius 2 is 2.00 bits per heavy atom. The number of aromatic nitrogens is 1. The van der Waals surface area contributed by atoms with Crippen molar-refractivity contribution >= 4 is 11.7 Å². The summed E-state index contributed by atoms with van der Waals surface area (Å²) < 4.78 is 6.25. The molecule has 4 heterocycles. The molecule has 0 N–H and O–H groups in total. The van der Waals surface area contributed by atoms with Gasteiger partial charge in [0.15, 0.2) is 6.61 Å². The fourth-order valence-corrected chi connectivity index (χ4v) is 4.03. The average Bonchev–Trinajstić information content (AvgIpc) is 2.70. The number of ether oxygens (including phenoxy) is 1. The number of hydrogen-bond acceptors (Lipinski definition) is 6. The third-order valence-electron chi connectivity index (χ3n) is 5.36. The predicted octanol–water partition coefficient (Wildman–Crippen LogP) is 2.51. The van der Waals surface area contributed by atoms with Gasteiger partial charge in [-0.15, -0.1) is 0 Å². The first-order chi connectivity index (χ1) is 12.4. The maximum absolute atomic E-state index is 6.25. The summed E-state index contributed by atoms with van der Waals surface area (Å²) in [4.78, 5) is 14.8. The number of anilines is 1. The van der Waals surface area contributed by atoms with Crippen molar-refractivity contribution in [3.05, 3.63) is 24.4 Å². The summed E-state index contributed by atoms with van der Waals surface area (Å²) in [7, 11) is 0. The summed E-state index contributed by atoms with van der Waals surface area (Å²) in [5.41, 5.74) is 0. The van der Waals surface area contributed by atoms with Gasteiger partial charge in [0, 0.05) is 25.8 Å². The maximum atomic E-state index is 6.25. The van der Waals surface area contributed by atoms with Crippen molar-refractivity contribution in [2.75, 3.05) is 44.2 Å². The molecular weight excluding hydrogens is 316 g/mol. The van der Waals surface area contributed by atoms with E-state index in [1.807, 2.05) is 18.3 Å². The average molecular weight is 344 g/mol. The van der Waals surface area contributed by atoms with Gasteiger partial charge >= 0.3 is 0 Å². The van der Waals surface area contributed by atoms with Gasteiger partial charge in [0.2, 0.25) is 5.90 Å². The summed E-state index contributed by atoms with van der Waals surface area (Å²) in [6, 6.07) is 6.07. The molecule has 0 aromatic carbocycles. The quantitative estimate of drug-likeness (QED) is 0.840. The Bertz CT molecular complexity index is 574. The molecule has 0 amide bonds. The van der Waals surface area contributed by atoms with Gasteiger partial charge in [0.25, 0.3) is 0 Å². The van der Waals surface area contributed by atoms with Gasteiger partial charge in [-0.05, 0) is 50.9 Å². The second-order valence-corrected chi connectivity index (χ2v) is 7.30. The summed E-state index contributed by atoms with van der Waals surface area (Å²) in [6.07, 6.45) is 8.15. The molecule has 1 aromatic heterocycles. The number of piperidine rings is 2. The monoisotopic (exact) mass is 344 g/mol. The standard InChI is InChI=1S/C19H28N4O2/c1-4-10-22(11-5-1)14-17-15-24-21-19(25-17)16-7-6-12-23(13-16)18-8-2-3-9-20-18/h2-3,8-9,16-17H,1,4-7,10-15H2.